The molecule has 1 heterocycles. The lowest BCUT2D eigenvalue weighted by atomic mass is 9.95. The molecule has 1 unspecified atom stereocenters. The zero-order valence-electron chi connectivity index (χ0n) is 18.4. The minimum absolute atomic E-state index is 0.0201. The van der Waals surface area contributed by atoms with E-state index in [9.17, 15) is 18.0 Å². The first-order chi connectivity index (χ1) is 14.6. The molecule has 1 aliphatic rings. The van der Waals surface area contributed by atoms with Gasteiger partial charge in [-0.05, 0) is 54.8 Å². The molecule has 0 radical (unpaired) electrons. The van der Waals surface area contributed by atoms with Crippen molar-refractivity contribution in [2.24, 2.45) is 0 Å². The number of amides is 1. The van der Waals surface area contributed by atoms with Crippen molar-refractivity contribution in [3.63, 3.8) is 0 Å². The lowest BCUT2D eigenvalue weighted by Crippen LogP contribution is -2.51. The summed E-state index contributed by atoms with van der Waals surface area (Å²) in [5.74, 6) is 0.313. The van der Waals surface area contributed by atoms with Crippen molar-refractivity contribution >= 4 is 16.7 Å². The number of benzene rings is 2. The molecule has 2 aromatic carbocycles. The molecular weight excluding hydrogens is 405 g/mol. The second-order valence-corrected chi connectivity index (χ2v) is 8.87. The van der Waals surface area contributed by atoms with E-state index >= 15 is 0 Å². The number of alkyl halides is 3. The molecule has 7 heteroatoms. The Kier molecular flexibility index (Phi) is 7.14. The molecule has 0 aliphatic carbocycles. The molecule has 1 saturated heterocycles. The third kappa shape index (κ3) is 5.70. The summed E-state index contributed by atoms with van der Waals surface area (Å²) < 4.78 is 47.9. The maximum atomic E-state index is 14.0. The number of fused-ring (bicyclic) bond motifs is 1. The van der Waals surface area contributed by atoms with Crippen molar-refractivity contribution in [2.75, 3.05) is 6.61 Å². The van der Waals surface area contributed by atoms with Crippen molar-refractivity contribution in [1.82, 2.24) is 10.4 Å². The number of hydrogen-bond donors (Lipinski definition) is 1. The standard InChI is InChI=1S/C24H31F3N2O2/c1-4-5-6-7-8-13-31-20-12-11-17-14-19(10-9-18(17)15-20)22(24(25,26)27)29-23(2,3)16-21(30)28-29/h9-12,14-15,22H,4-8,13,16H2,1-3H3,(H,28,30). The molecule has 0 aromatic heterocycles. The lowest BCUT2D eigenvalue weighted by molar-refractivity contribution is -0.203. The summed E-state index contributed by atoms with van der Waals surface area (Å²) >= 11 is 0. The highest BCUT2D eigenvalue weighted by Gasteiger charge is 2.52. The number of hydrazine groups is 1. The second kappa shape index (κ2) is 9.47. The largest absolute Gasteiger partial charge is 0.494 e. The van der Waals surface area contributed by atoms with E-state index in [1.54, 1.807) is 38.1 Å². The third-order valence-electron chi connectivity index (χ3n) is 5.73. The van der Waals surface area contributed by atoms with Crippen LogP contribution in [0.25, 0.3) is 10.8 Å². The average Bonchev–Trinajstić information content (AvgIpc) is 2.95. The van der Waals surface area contributed by atoms with Gasteiger partial charge in [0, 0.05) is 12.0 Å². The van der Waals surface area contributed by atoms with Crippen LogP contribution in [0, 0.1) is 0 Å². The molecule has 1 atom stereocenters. The van der Waals surface area contributed by atoms with Crippen LogP contribution in [0.15, 0.2) is 36.4 Å². The van der Waals surface area contributed by atoms with Gasteiger partial charge in [-0.3, -0.25) is 10.2 Å². The summed E-state index contributed by atoms with van der Waals surface area (Å²) in [4.78, 5) is 11.8. The first-order valence-corrected chi connectivity index (χ1v) is 10.9. The summed E-state index contributed by atoms with van der Waals surface area (Å²) in [5.41, 5.74) is 1.56. The molecule has 0 bridgehead atoms. The summed E-state index contributed by atoms with van der Waals surface area (Å²) in [6, 6.07) is 8.22. The van der Waals surface area contributed by atoms with Crippen LogP contribution < -0.4 is 10.2 Å². The number of hydrogen-bond acceptors (Lipinski definition) is 3. The molecule has 4 nitrogen and oxygen atoms in total. The lowest BCUT2D eigenvalue weighted by Gasteiger charge is -2.38. The molecule has 2 aromatic rings. The first kappa shape index (κ1) is 23.4. The SMILES string of the molecule is CCCCCCCOc1ccc2cc(C(N3NC(=O)CC3(C)C)C(F)(F)F)ccc2c1. The van der Waals surface area contributed by atoms with Crippen LogP contribution >= 0.6 is 0 Å². The molecule has 0 saturated carbocycles. The molecule has 31 heavy (non-hydrogen) atoms. The highest BCUT2D eigenvalue weighted by molar-refractivity contribution is 5.85. The van der Waals surface area contributed by atoms with Crippen LogP contribution in [0.5, 0.6) is 5.75 Å². The van der Waals surface area contributed by atoms with Crippen LogP contribution in [0.3, 0.4) is 0 Å². The van der Waals surface area contributed by atoms with Crippen LogP contribution in [-0.2, 0) is 4.79 Å². The Bertz CT molecular complexity index is 911. The quantitative estimate of drug-likeness (QED) is 0.469. The fraction of sp³-hybridized carbons (Fsp3) is 0.542. The van der Waals surface area contributed by atoms with Gasteiger partial charge in [0.2, 0.25) is 5.91 Å². The van der Waals surface area contributed by atoms with Crippen molar-refractivity contribution in [1.29, 1.82) is 0 Å². The zero-order valence-corrected chi connectivity index (χ0v) is 18.4. The van der Waals surface area contributed by atoms with E-state index < -0.39 is 23.7 Å². The van der Waals surface area contributed by atoms with Crippen LogP contribution in [-0.4, -0.2) is 29.2 Å². The number of nitrogens with one attached hydrogen (secondary N) is 1. The topological polar surface area (TPSA) is 41.6 Å². The maximum absolute atomic E-state index is 14.0. The van der Waals surface area contributed by atoms with Gasteiger partial charge in [0.1, 0.15) is 5.75 Å². The van der Waals surface area contributed by atoms with E-state index in [1.165, 1.54) is 25.3 Å². The van der Waals surface area contributed by atoms with Gasteiger partial charge in [-0.15, -0.1) is 0 Å². The highest BCUT2D eigenvalue weighted by Crippen LogP contribution is 2.43. The number of rotatable bonds is 9. The smallest absolute Gasteiger partial charge is 0.409 e. The van der Waals surface area contributed by atoms with E-state index in [-0.39, 0.29) is 12.0 Å². The van der Waals surface area contributed by atoms with Crippen LogP contribution in [0.4, 0.5) is 13.2 Å². The van der Waals surface area contributed by atoms with Gasteiger partial charge in [-0.2, -0.15) is 18.2 Å². The van der Waals surface area contributed by atoms with Crippen molar-refractivity contribution in [3.8, 4) is 5.75 Å². The summed E-state index contributed by atoms with van der Waals surface area (Å²) in [7, 11) is 0. The molecular formula is C24H31F3N2O2. The van der Waals surface area contributed by atoms with Crippen molar-refractivity contribution in [3.05, 3.63) is 42.0 Å². The predicted molar refractivity (Wildman–Crippen MR) is 116 cm³/mol. The minimum atomic E-state index is -4.54. The zero-order chi connectivity index (χ0) is 22.6. The highest BCUT2D eigenvalue weighted by atomic mass is 19.4. The first-order valence-electron chi connectivity index (χ1n) is 10.9. The van der Waals surface area contributed by atoms with Gasteiger partial charge in [-0.25, -0.2) is 0 Å². The molecule has 0 spiro atoms. The number of carbonyl (C=O) groups is 1. The van der Waals surface area contributed by atoms with E-state index in [1.807, 2.05) is 6.07 Å². The number of halogens is 3. The average molecular weight is 437 g/mol. The monoisotopic (exact) mass is 436 g/mol. The second-order valence-electron chi connectivity index (χ2n) is 8.87. The Morgan fingerprint density at radius 2 is 1.74 bits per heavy atom. The van der Waals surface area contributed by atoms with Crippen molar-refractivity contribution < 1.29 is 22.7 Å². The summed E-state index contributed by atoms with van der Waals surface area (Å²) in [6.07, 6.45) is 1.24. The molecule has 1 aliphatic heterocycles. The van der Waals surface area contributed by atoms with E-state index in [0.29, 0.717) is 12.0 Å². The molecule has 170 valence electrons. The van der Waals surface area contributed by atoms with Gasteiger partial charge in [0.05, 0.1) is 6.61 Å². The molecule has 1 fully saturated rings. The Labute approximate surface area is 181 Å². The van der Waals surface area contributed by atoms with Gasteiger partial charge in [0.15, 0.2) is 6.04 Å². The van der Waals surface area contributed by atoms with E-state index in [0.717, 1.165) is 29.0 Å². The Hall–Kier alpha value is -2.28. The Morgan fingerprint density at radius 1 is 1.06 bits per heavy atom. The van der Waals surface area contributed by atoms with Crippen LogP contribution in [0.1, 0.15) is 70.9 Å². The number of nitrogens with zero attached hydrogens (tertiary/aromatic N) is 1. The maximum Gasteiger partial charge on any atom is 0.409 e. The summed E-state index contributed by atoms with van der Waals surface area (Å²) in [5, 5.41) is 2.55. The number of carbonyl (C=O) groups excluding carboxylic acids is 1. The van der Waals surface area contributed by atoms with Gasteiger partial charge in [-0.1, -0.05) is 50.8 Å². The van der Waals surface area contributed by atoms with E-state index in [4.69, 9.17) is 4.74 Å². The fourth-order valence-corrected chi connectivity index (χ4v) is 4.10. The van der Waals surface area contributed by atoms with Gasteiger partial charge in [0.25, 0.3) is 0 Å². The van der Waals surface area contributed by atoms with E-state index in [2.05, 4.69) is 12.3 Å². The Balaban J connectivity index is 1.78. The van der Waals surface area contributed by atoms with Crippen molar-refractivity contribution in [2.45, 2.75) is 77.1 Å². The molecule has 1 N–H and O–H groups in total. The molecule has 1 amide bonds. The van der Waals surface area contributed by atoms with Gasteiger partial charge >= 0.3 is 6.18 Å². The van der Waals surface area contributed by atoms with Crippen LogP contribution in [0.2, 0.25) is 0 Å². The fourth-order valence-electron chi connectivity index (χ4n) is 4.10. The predicted octanol–water partition coefficient (Wildman–Crippen LogP) is 6.31. The van der Waals surface area contributed by atoms with Gasteiger partial charge < -0.3 is 4.74 Å². The third-order valence-corrected chi connectivity index (χ3v) is 5.73. The summed E-state index contributed by atoms with van der Waals surface area (Å²) in [6.45, 7) is 6.08. The molecule has 3 rings (SSSR count). The number of ether oxygens (including phenoxy) is 1. The number of unbranched alkanes of at least 4 members (excludes halogenated alkanes) is 4. The minimum Gasteiger partial charge on any atom is -0.494 e. The Morgan fingerprint density at radius 3 is 2.39 bits per heavy atom. The normalized spacial score (nSPS) is 17.7.